The van der Waals surface area contributed by atoms with Gasteiger partial charge in [0, 0.05) is 11.6 Å². The van der Waals surface area contributed by atoms with Gasteiger partial charge in [0.1, 0.15) is 28.5 Å². The van der Waals surface area contributed by atoms with E-state index in [0.29, 0.717) is 5.39 Å². The van der Waals surface area contributed by atoms with E-state index in [0.717, 1.165) is 4.57 Å². The molecule has 4 N–H and O–H groups in total. The van der Waals surface area contributed by atoms with Crippen LogP contribution in [0.15, 0.2) is 21.9 Å². The van der Waals surface area contributed by atoms with Gasteiger partial charge >= 0.3 is 5.69 Å². The van der Waals surface area contributed by atoms with Gasteiger partial charge in [0.05, 0.1) is 6.61 Å². The number of aliphatic hydroxyl groups is 3. The van der Waals surface area contributed by atoms with Crippen LogP contribution in [0.3, 0.4) is 0 Å². The largest absolute Gasteiger partial charge is 0.394 e. The summed E-state index contributed by atoms with van der Waals surface area (Å²) >= 11 is 5.75. The van der Waals surface area contributed by atoms with Gasteiger partial charge in [-0.3, -0.25) is 9.36 Å². The normalized spacial score (nSPS) is 30.9. The van der Waals surface area contributed by atoms with Crippen LogP contribution in [0.25, 0.3) is 11.0 Å². The van der Waals surface area contributed by atoms with Gasteiger partial charge in [-0.25, -0.2) is 4.79 Å². The fraction of sp³-hybridized carbons (Fsp3) is 0.462. The van der Waals surface area contributed by atoms with Crippen LogP contribution in [-0.4, -0.2) is 54.3 Å². The zero-order chi connectivity index (χ0) is 16.9. The van der Waals surface area contributed by atoms with Crippen molar-refractivity contribution in [3.63, 3.8) is 0 Å². The summed E-state index contributed by atoms with van der Waals surface area (Å²) in [5.74, 6) is 0. The predicted octanol–water partition coefficient (Wildman–Crippen LogP) is -1.26. The Labute approximate surface area is 133 Å². The number of aliphatic hydroxyl groups excluding tert-OH is 2. The molecule has 1 saturated heterocycles. The van der Waals surface area contributed by atoms with E-state index in [-0.39, 0.29) is 10.7 Å². The molecule has 1 fully saturated rings. The molecule has 124 valence electrons. The Morgan fingerprint density at radius 2 is 2.22 bits per heavy atom. The van der Waals surface area contributed by atoms with Crippen LogP contribution < -0.4 is 11.2 Å². The highest BCUT2D eigenvalue weighted by molar-refractivity contribution is 6.30. The van der Waals surface area contributed by atoms with Gasteiger partial charge < -0.3 is 25.0 Å². The van der Waals surface area contributed by atoms with Crippen molar-refractivity contribution in [3.8, 4) is 0 Å². The van der Waals surface area contributed by atoms with Crippen molar-refractivity contribution in [3.05, 3.63) is 38.1 Å². The lowest BCUT2D eigenvalue weighted by Crippen LogP contribution is -2.46. The molecule has 3 rings (SSSR count). The van der Waals surface area contributed by atoms with Gasteiger partial charge in [-0.2, -0.15) is 4.98 Å². The average Bonchev–Trinajstić information content (AvgIpc) is 2.71. The van der Waals surface area contributed by atoms with Crippen molar-refractivity contribution in [2.45, 2.75) is 31.0 Å². The average molecular weight is 344 g/mol. The molecule has 0 amide bonds. The van der Waals surface area contributed by atoms with Crippen LogP contribution in [0.1, 0.15) is 13.2 Å². The van der Waals surface area contributed by atoms with Crippen molar-refractivity contribution in [1.82, 2.24) is 14.5 Å². The highest BCUT2D eigenvalue weighted by atomic mass is 35.5. The second-order valence-corrected chi connectivity index (χ2v) is 5.97. The van der Waals surface area contributed by atoms with Crippen LogP contribution in [0, 0.1) is 0 Å². The number of rotatable bonds is 2. The molecular formula is C13H14ClN3O6. The molecule has 2 aromatic heterocycles. The molecule has 0 bridgehead atoms. The topological polar surface area (TPSA) is 138 Å². The molecule has 1 aliphatic heterocycles. The molecule has 3 heterocycles. The SMILES string of the molecule is C[C@@]1(O)[C@H](O)[C@@H](CO)O[C@H]1n1cc2cc(Cl)c(=O)[nH]c2nc1=O. The predicted molar refractivity (Wildman–Crippen MR) is 79.3 cm³/mol. The number of aromatic amines is 1. The number of ether oxygens (including phenoxy) is 1. The van der Waals surface area contributed by atoms with E-state index in [4.69, 9.17) is 16.3 Å². The Bertz CT molecular complexity index is 876. The molecule has 9 nitrogen and oxygen atoms in total. The summed E-state index contributed by atoms with van der Waals surface area (Å²) in [4.78, 5) is 29.7. The molecule has 23 heavy (non-hydrogen) atoms. The molecule has 0 radical (unpaired) electrons. The molecular weight excluding hydrogens is 330 g/mol. The number of fused-ring (bicyclic) bond motifs is 1. The maximum absolute atomic E-state index is 12.2. The minimum atomic E-state index is -1.82. The Kier molecular flexibility index (Phi) is 3.77. The van der Waals surface area contributed by atoms with Crippen molar-refractivity contribution < 1.29 is 20.1 Å². The Balaban J connectivity index is 2.17. The quantitative estimate of drug-likeness (QED) is 0.534. The lowest BCUT2D eigenvalue weighted by atomic mass is 9.96. The summed E-state index contributed by atoms with van der Waals surface area (Å²) in [5.41, 5.74) is -3.16. The minimum absolute atomic E-state index is 0.0394. The number of aromatic nitrogens is 3. The van der Waals surface area contributed by atoms with Crippen molar-refractivity contribution >= 4 is 22.6 Å². The first kappa shape index (κ1) is 16.1. The summed E-state index contributed by atoms with van der Waals surface area (Å²) in [6.45, 7) is 0.761. The molecule has 10 heteroatoms. The van der Waals surface area contributed by atoms with Gasteiger partial charge in [-0.1, -0.05) is 11.6 Å². The lowest BCUT2D eigenvalue weighted by molar-refractivity contribution is -0.0985. The van der Waals surface area contributed by atoms with Crippen LogP contribution in [-0.2, 0) is 4.74 Å². The maximum atomic E-state index is 12.2. The number of nitrogens with one attached hydrogen (secondary N) is 1. The third-order valence-electron chi connectivity index (χ3n) is 3.90. The standard InChI is InChI=1S/C13H14ClN3O6/c1-13(22)8(19)7(4-18)23-11(13)17-3-5-2-6(14)10(20)15-9(5)16-12(17)21/h2-3,7-8,11,18-19,22H,4H2,1H3,(H,15,16,20,21)/t7-,8-,11-,13-/m1/s1. The molecule has 0 aliphatic carbocycles. The van der Waals surface area contributed by atoms with Crippen molar-refractivity contribution in [2.75, 3.05) is 6.61 Å². The van der Waals surface area contributed by atoms with Crippen molar-refractivity contribution in [1.29, 1.82) is 0 Å². The first-order chi connectivity index (χ1) is 10.8. The number of H-pyrrole nitrogens is 1. The lowest BCUT2D eigenvalue weighted by Gasteiger charge is -2.27. The fourth-order valence-corrected chi connectivity index (χ4v) is 2.78. The first-order valence-corrected chi connectivity index (χ1v) is 7.12. The van der Waals surface area contributed by atoms with Crippen molar-refractivity contribution in [2.24, 2.45) is 0 Å². The Hall–Kier alpha value is -1.78. The fourth-order valence-electron chi connectivity index (χ4n) is 2.62. The highest BCUT2D eigenvalue weighted by Gasteiger charge is 2.53. The van der Waals surface area contributed by atoms with E-state index in [1.807, 2.05) is 0 Å². The van der Waals surface area contributed by atoms with E-state index in [2.05, 4.69) is 9.97 Å². The minimum Gasteiger partial charge on any atom is -0.394 e. The van der Waals surface area contributed by atoms with Crippen LogP contribution >= 0.6 is 11.6 Å². The molecule has 0 aromatic carbocycles. The smallest absolute Gasteiger partial charge is 0.351 e. The molecule has 0 spiro atoms. The summed E-state index contributed by atoms with van der Waals surface area (Å²) in [5, 5.41) is 29.9. The Morgan fingerprint density at radius 1 is 1.52 bits per heavy atom. The Morgan fingerprint density at radius 3 is 2.83 bits per heavy atom. The summed E-state index contributed by atoms with van der Waals surface area (Å²) in [7, 11) is 0. The molecule has 1 aliphatic rings. The van der Waals surface area contributed by atoms with Gasteiger partial charge in [0.15, 0.2) is 6.23 Å². The van der Waals surface area contributed by atoms with Gasteiger partial charge in [-0.15, -0.1) is 0 Å². The summed E-state index contributed by atoms with van der Waals surface area (Å²) < 4.78 is 6.36. The summed E-state index contributed by atoms with van der Waals surface area (Å²) in [6.07, 6.45) is -2.39. The zero-order valence-corrected chi connectivity index (χ0v) is 12.7. The van der Waals surface area contributed by atoms with E-state index >= 15 is 0 Å². The zero-order valence-electron chi connectivity index (χ0n) is 11.9. The third-order valence-corrected chi connectivity index (χ3v) is 4.18. The van der Waals surface area contributed by atoms with Gasteiger partial charge in [-0.05, 0) is 13.0 Å². The van der Waals surface area contributed by atoms with Gasteiger partial charge in [0.25, 0.3) is 5.56 Å². The van der Waals surface area contributed by atoms with Crippen LogP contribution in [0.4, 0.5) is 0 Å². The van der Waals surface area contributed by atoms with E-state index in [1.54, 1.807) is 0 Å². The number of nitrogens with zero attached hydrogens (tertiary/aromatic N) is 2. The molecule has 0 saturated carbocycles. The second kappa shape index (κ2) is 5.39. The number of pyridine rings is 1. The number of halogens is 1. The van der Waals surface area contributed by atoms with E-state index in [9.17, 15) is 24.9 Å². The first-order valence-electron chi connectivity index (χ1n) is 6.74. The van der Waals surface area contributed by atoms with Crippen LogP contribution in [0.2, 0.25) is 5.02 Å². The molecule has 0 unspecified atom stereocenters. The van der Waals surface area contributed by atoms with E-state index in [1.165, 1.54) is 19.2 Å². The number of hydrogen-bond acceptors (Lipinski definition) is 7. The summed E-state index contributed by atoms with van der Waals surface area (Å²) in [6, 6.07) is 1.32. The third kappa shape index (κ3) is 2.46. The maximum Gasteiger partial charge on any atom is 0.351 e. The molecule has 4 atom stereocenters. The second-order valence-electron chi connectivity index (χ2n) is 5.56. The van der Waals surface area contributed by atoms with E-state index < -0.39 is 41.9 Å². The monoisotopic (exact) mass is 343 g/mol. The van der Waals surface area contributed by atoms with Gasteiger partial charge in [0.2, 0.25) is 0 Å². The highest BCUT2D eigenvalue weighted by Crippen LogP contribution is 2.37. The van der Waals surface area contributed by atoms with Crippen LogP contribution in [0.5, 0.6) is 0 Å². The number of hydrogen-bond donors (Lipinski definition) is 4. The molecule has 2 aromatic rings.